The van der Waals surface area contributed by atoms with Crippen LogP contribution in [0.1, 0.15) is 30.7 Å². The molecule has 3 rings (SSSR count). The fraction of sp³-hybridized carbons (Fsp3) is 0.222. The third-order valence-corrected chi connectivity index (χ3v) is 4.21. The number of halogens is 1. The molecule has 2 nitrogen and oxygen atoms in total. The lowest BCUT2D eigenvalue weighted by molar-refractivity contribution is 0.459. The van der Waals surface area contributed by atoms with Gasteiger partial charge in [0.05, 0.1) is 6.54 Å². The van der Waals surface area contributed by atoms with Gasteiger partial charge in [-0.1, -0.05) is 53.2 Å². The molecule has 0 spiro atoms. The Morgan fingerprint density at radius 2 is 1.86 bits per heavy atom. The van der Waals surface area contributed by atoms with E-state index in [0.29, 0.717) is 6.04 Å². The van der Waals surface area contributed by atoms with Gasteiger partial charge in [-0.05, 0) is 36.2 Å². The molecule has 0 fully saturated rings. The topological polar surface area (TPSA) is 25.2 Å². The third-order valence-electron chi connectivity index (χ3n) is 3.68. The number of nitrogens with one attached hydrogen (secondary N) is 1. The van der Waals surface area contributed by atoms with Crippen LogP contribution in [0, 0.1) is 0 Å². The summed E-state index contributed by atoms with van der Waals surface area (Å²) in [7, 11) is 0. The minimum atomic E-state index is 0.339. The monoisotopic (exact) mass is 343 g/mol. The lowest BCUT2D eigenvalue weighted by atomic mass is 10.0. The molecule has 0 aliphatic heterocycles. The van der Waals surface area contributed by atoms with Crippen molar-refractivity contribution < 1.29 is 4.42 Å². The van der Waals surface area contributed by atoms with Crippen LogP contribution in [0.15, 0.2) is 63.5 Å². The van der Waals surface area contributed by atoms with Gasteiger partial charge in [0.25, 0.3) is 0 Å². The summed E-state index contributed by atoms with van der Waals surface area (Å²) in [5.74, 6) is 0.978. The first-order valence-corrected chi connectivity index (χ1v) is 8.02. The summed E-state index contributed by atoms with van der Waals surface area (Å²) in [4.78, 5) is 0. The molecule has 1 heterocycles. The van der Waals surface area contributed by atoms with Gasteiger partial charge in [-0.3, -0.25) is 0 Å². The van der Waals surface area contributed by atoms with E-state index in [0.717, 1.165) is 34.2 Å². The quantitative estimate of drug-likeness (QED) is 0.667. The predicted octanol–water partition coefficient (Wildman–Crippen LogP) is 5.44. The van der Waals surface area contributed by atoms with Gasteiger partial charge >= 0.3 is 0 Å². The van der Waals surface area contributed by atoms with Crippen LogP contribution in [0.25, 0.3) is 11.0 Å². The van der Waals surface area contributed by atoms with Gasteiger partial charge in [-0.15, -0.1) is 0 Å². The highest BCUT2D eigenvalue weighted by molar-refractivity contribution is 9.10. The minimum absolute atomic E-state index is 0.339. The Morgan fingerprint density at radius 3 is 2.57 bits per heavy atom. The second-order valence-corrected chi connectivity index (χ2v) is 6.06. The van der Waals surface area contributed by atoms with Crippen molar-refractivity contribution in [3.05, 3.63) is 70.4 Å². The molecule has 1 atom stereocenters. The summed E-state index contributed by atoms with van der Waals surface area (Å²) >= 11 is 3.48. The zero-order valence-electron chi connectivity index (χ0n) is 12.0. The lowest BCUT2D eigenvalue weighted by Crippen LogP contribution is -2.19. The van der Waals surface area contributed by atoms with E-state index in [-0.39, 0.29) is 0 Å². The average molecular weight is 344 g/mol. The largest absolute Gasteiger partial charge is 0.460 e. The van der Waals surface area contributed by atoms with E-state index < -0.39 is 0 Å². The first-order chi connectivity index (χ1) is 10.3. The fourth-order valence-corrected chi connectivity index (χ4v) is 2.81. The molecule has 1 unspecified atom stereocenters. The number of hydrogen-bond donors (Lipinski definition) is 1. The molecule has 2 aromatic carbocycles. The Morgan fingerprint density at radius 1 is 1.10 bits per heavy atom. The number of fused-ring (bicyclic) bond motifs is 1. The molecular weight excluding hydrogens is 326 g/mol. The molecule has 1 N–H and O–H groups in total. The summed E-state index contributed by atoms with van der Waals surface area (Å²) in [5, 5.41) is 4.73. The van der Waals surface area contributed by atoms with Crippen molar-refractivity contribution >= 4 is 26.9 Å². The normalized spacial score (nSPS) is 12.7. The van der Waals surface area contributed by atoms with Crippen LogP contribution < -0.4 is 5.32 Å². The van der Waals surface area contributed by atoms with Crippen LogP contribution >= 0.6 is 15.9 Å². The van der Waals surface area contributed by atoms with E-state index in [2.05, 4.69) is 64.6 Å². The Hall–Kier alpha value is -1.58. The van der Waals surface area contributed by atoms with Gasteiger partial charge < -0.3 is 9.73 Å². The van der Waals surface area contributed by atoms with Crippen LogP contribution in [-0.4, -0.2) is 0 Å². The van der Waals surface area contributed by atoms with Gasteiger partial charge in [0.15, 0.2) is 0 Å². The summed E-state index contributed by atoms with van der Waals surface area (Å²) in [6.07, 6.45) is 1.04. The molecule has 0 radical (unpaired) electrons. The third kappa shape index (κ3) is 3.36. The summed E-state index contributed by atoms with van der Waals surface area (Å²) < 4.78 is 6.96. The van der Waals surface area contributed by atoms with Gasteiger partial charge in [0, 0.05) is 15.9 Å². The van der Waals surface area contributed by atoms with E-state index in [4.69, 9.17) is 4.42 Å². The summed E-state index contributed by atoms with van der Waals surface area (Å²) in [5.41, 5.74) is 2.25. The van der Waals surface area contributed by atoms with Gasteiger partial charge in [0.1, 0.15) is 11.3 Å². The van der Waals surface area contributed by atoms with Crippen molar-refractivity contribution in [2.45, 2.75) is 25.9 Å². The molecule has 1 aromatic heterocycles. The number of para-hydroxylation sites is 1. The molecule has 21 heavy (non-hydrogen) atoms. The molecule has 0 aliphatic carbocycles. The van der Waals surface area contributed by atoms with Gasteiger partial charge in [-0.2, -0.15) is 0 Å². The highest BCUT2D eigenvalue weighted by atomic mass is 79.9. The van der Waals surface area contributed by atoms with E-state index in [1.807, 2.05) is 18.2 Å². The van der Waals surface area contributed by atoms with Crippen molar-refractivity contribution in [1.82, 2.24) is 5.32 Å². The lowest BCUT2D eigenvalue weighted by Gasteiger charge is -2.16. The molecule has 3 aromatic rings. The predicted molar refractivity (Wildman–Crippen MR) is 90.2 cm³/mol. The standard InChI is InChI=1S/C18H18BrNO/c1-2-17(13-7-9-15(19)10-8-13)20-12-16-11-14-5-3-4-6-18(14)21-16/h3-11,17,20H,2,12H2,1H3. The van der Waals surface area contributed by atoms with Crippen LogP contribution in [-0.2, 0) is 6.54 Å². The Bertz CT molecular complexity index is 684. The van der Waals surface area contributed by atoms with Crippen LogP contribution in [0.2, 0.25) is 0 Å². The summed E-state index contributed by atoms with van der Waals surface area (Å²) in [6, 6.07) is 19.0. The smallest absolute Gasteiger partial charge is 0.134 e. The maximum absolute atomic E-state index is 5.85. The minimum Gasteiger partial charge on any atom is -0.460 e. The second-order valence-electron chi connectivity index (χ2n) is 5.14. The van der Waals surface area contributed by atoms with Crippen LogP contribution in [0.3, 0.4) is 0 Å². The first-order valence-electron chi connectivity index (χ1n) is 7.22. The first kappa shape index (κ1) is 14.4. The summed E-state index contributed by atoms with van der Waals surface area (Å²) in [6.45, 7) is 2.93. The molecule has 0 saturated heterocycles. The van der Waals surface area contributed by atoms with Gasteiger partial charge in [0.2, 0.25) is 0 Å². The molecule has 108 valence electrons. The van der Waals surface area contributed by atoms with Crippen molar-refractivity contribution in [3.63, 3.8) is 0 Å². The molecule has 0 saturated carbocycles. The zero-order valence-corrected chi connectivity index (χ0v) is 13.6. The van der Waals surface area contributed by atoms with Crippen molar-refractivity contribution in [2.75, 3.05) is 0 Å². The highest BCUT2D eigenvalue weighted by Crippen LogP contribution is 2.22. The Labute approximate surface area is 133 Å². The molecular formula is C18H18BrNO. The number of furan rings is 1. The SMILES string of the molecule is CCC(NCc1cc2ccccc2o1)c1ccc(Br)cc1. The van der Waals surface area contributed by atoms with E-state index in [1.165, 1.54) is 5.56 Å². The molecule has 0 bridgehead atoms. The van der Waals surface area contributed by atoms with Gasteiger partial charge in [-0.25, -0.2) is 0 Å². The second kappa shape index (κ2) is 6.46. The maximum atomic E-state index is 5.85. The Balaban J connectivity index is 1.71. The van der Waals surface area contributed by atoms with Crippen LogP contribution in [0.4, 0.5) is 0 Å². The molecule has 3 heteroatoms. The van der Waals surface area contributed by atoms with E-state index in [1.54, 1.807) is 0 Å². The Kier molecular flexibility index (Phi) is 4.42. The van der Waals surface area contributed by atoms with Crippen LogP contribution in [0.5, 0.6) is 0 Å². The van der Waals surface area contributed by atoms with Crippen molar-refractivity contribution in [2.24, 2.45) is 0 Å². The molecule has 0 aliphatic rings. The molecule has 0 amide bonds. The van der Waals surface area contributed by atoms with E-state index in [9.17, 15) is 0 Å². The number of hydrogen-bond acceptors (Lipinski definition) is 2. The highest BCUT2D eigenvalue weighted by Gasteiger charge is 2.10. The fourth-order valence-electron chi connectivity index (χ4n) is 2.54. The number of rotatable bonds is 5. The average Bonchev–Trinajstić information content (AvgIpc) is 2.92. The number of benzene rings is 2. The zero-order chi connectivity index (χ0) is 14.7. The van der Waals surface area contributed by atoms with E-state index >= 15 is 0 Å². The van der Waals surface area contributed by atoms with Crippen molar-refractivity contribution in [1.29, 1.82) is 0 Å². The maximum Gasteiger partial charge on any atom is 0.134 e. The van der Waals surface area contributed by atoms with Crippen molar-refractivity contribution in [3.8, 4) is 0 Å².